The van der Waals surface area contributed by atoms with E-state index in [4.69, 9.17) is 0 Å². The molecular weight excluding hydrogens is 430 g/mol. The van der Waals surface area contributed by atoms with E-state index in [1.807, 2.05) is 18.2 Å². The second-order valence-electron chi connectivity index (χ2n) is 7.84. The van der Waals surface area contributed by atoms with Gasteiger partial charge in [0.15, 0.2) is 5.82 Å². The fraction of sp³-hybridized carbons (Fsp3) is 0.292. The lowest BCUT2D eigenvalue weighted by atomic mass is 10.0. The van der Waals surface area contributed by atoms with Crippen molar-refractivity contribution in [3.05, 3.63) is 72.3 Å². The van der Waals surface area contributed by atoms with Gasteiger partial charge in [0.05, 0.1) is 5.56 Å². The molecule has 9 heteroatoms. The Balaban J connectivity index is 0.000000257. The summed E-state index contributed by atoms with van der Waals surface area (Å²) in [6, 6.07) is 13.6. The number of halogens is 2. The molecule has 1 amide bonds. The van der Waals surface area contributed by atoms with Crippen molar-refractivity contribution in [3.8, 4) is 16.9 Å². The van der Waals surface area contributed by atoms with Crippen molar-refractivity contribution in [2.24, 2.45) is 0 Å². The molecule has 0 saturated heterocycles. The van der Waals surface area contributed by atoms with Crippen LogP contribution in [0.5, 0.6) is 5.75 Å². The highest BCUT2D eigenvalue weighted by Gasteiger charge is 2.20. The molecule has 0 atom stereocenters. The highest BCUT2D eigenvalue weighted by Crippen LogP contribution is 2.26. The number of amides is 1. The number of nitrogens with one attached hydrogen (secondary N) is 2. The Labute approximate surface area is 190 Å². The Bertz CT molecular complexity index is 1060. The molecule has 3 N–H and O–H groups in total. The number of ether oxygens (including phenoxy) is 1. The van der Waals surface area contributed by atoms with Gasteiger partial charge in [-0.05, 0) is 50.1 Å². The van der Waals surface area contributed by atoms with Gasteiger partial charge >= 0.3 is 6.61 Å². The van der Waals surface area contributed by atoms with E-state index >= 15 is 0 Å². The topological polar surface area (TPSA) is 96.4 Å². The largest absolute Gasteiger partial charge is 0.435 e. The van der Waals surface area contributed by atoms with Gasteiger partial charge in [-0.3, -0.25) is 4.79 Å². The summed E-state index contributed by atoms with van der Waals surface area (Å²) in [4.78, 5) is 20.5. The predicted octanol–water partition coefficient (Wildman–Crippen LogP) is 4.20. The molecule has 2 heterocycles. The minimum atomic E-state index is -2.73. The van der Waals surface area contributed by atoms with Gasteiger partial charge in [-0.25, -0.2) is 9.97 Å². The van der Waals surface area contributed by atoms with Crippen LogP contribution in [0.3, 0.4) is 0 Å². The van der Waals surface area contributed by atoms with Crippen LogP contribution >= 0.6 is 0 Å². The average Bonchev–Trinajstić information content (AvgIpc) is 2.77. The van der Waals surface area contributed by atoms with Gasteiger partial charge in [-0.15, -0.1) is 0 Å². The van der Waals surface area contributed by atoms with Crippen LogP contribution in [0.25, 0.3) is 11.1 Å². The molecule has 2 aromatic carbocycles. The van der Waals surface area contributed by atoms with Crippen LogP contribution in [-0.2, 0) is 5.60 Å². The molecule has 1 aromatic heterocycles. The van der Waals surface area contributed by atoms with Crippen molar-refractivity contribution in [1.29, 1.82) is 0 Å². The number of benzene rings is 2. The number of nitrogens with zero attached hydrogens (tertiary/aromatic N) is 2. The summed E-state index contributed by atoms with van der Waals surface area (Å²) in [7, 11) is 0. The molecule has 4 rings (SSSR count). The van der Waals surface area contributed by atoms with Crippen LogP contribution in [0.15, 0.2) is 60.9 Å². The van der Waals surface area contributed by atoms with E-state index in [0.29, 0.717) is 17.9 Å². The van der Waals surface area contributed by atoms with Gasteiger partial charge in [0.1, 0.15) is 11.4 Å². The highest BCUT2D eigenvalue weighted by molar-refractivity contribution is 6.00. The summed E-state index contributed by atoms with van der Waals surface area (Å²) in [5.74, 6) is 0.509. The van der Waals surface area contributed by atoms with E-state index < -0.39 is 12.2 Å². The van der Waals surface area contributed by atoms with Crippen molar-refractivity contribution < 1.29 is 23.4 Å². The third-order valence-corrected chi connectivity index (χ3v) is 4.72. The molecule has 1 aliphatic rings. The van der Waals surface area contributed by atoms with E-state index in [1.54, 1.807) is 44.4 Å². The Morgan fingerprint density at radius 1 is 1.00 bits per heavy atom. The normalized spacial score (nSPS) is 13.5. The van der Waals surface area contributed by atoms with E-state index in [0.717, 1.165) is 29.8 Å². The van der Waals surface area contributed by atoms with Gasteiger partial charge in [0, 0.05) is 36.7 Å². The molecule has 0 saturated carbocycles. The van der Waals surface area contributed by atoms with Crippen molar-refractivity contribution in [2.45, 2.75) is 32.5 Å². The first kappa shape index (κ1) is 24.1. The summed E-state index contributed by atoms with van der Waals surface area (Å²) >= 11 is 0. The highest BCUT2D eigenvalue weighted by atomic mass is 19.3. The zero-order valence-corrected chi connectivity index (χ0v) is 18.4. The molecule has 0 bridgehead atoms. The number of rotatable bonds is 4. The summed E-state index contributed by atoms with van der Waals surface area (Å²) in [5.41, 5.74) is 2.15. The molecule has 0 aliphatic carbocycles. The molecule has 33 heavy (non-hydrogen) atoms. The van der Waals surface area contributed by atoms with Gasteiger partial charge in [-0.1, -0.05) is 24.3 Å². The monoisotopic (exact) mass is 456 g/mol. The Morgan fingerprint density at radius 2 is 1.67 bits per heavy atom. The number of fused-ring (bicyclic) bond motifs is 1. The van der Waals surface area contributed by atoms with E-state index in [1.165, 1.54) is 12.1 Å². The third kappa shape index (κ3) is 6.95. The fourth-order valence-corrected chi connectivity index (χ4v) is 3.07. The Morgan fingerprint density at radius 3 is 2.30 bits per heavy atom. The second-order valence-corrected chi connectivity index (χ2v) is 7.84. The number of aromatic nitrogens is 2. The lowest BCUT2D eigenvalue weighted by Crippen LogP contribution is -2.29. The molecule has 1 aliphatic heterocycles. The maximum atomic E-state index is 12.1. The van der Waals surface area contributed by atoms with Crippen LogP contribution in [0.1, 0.15) is 36.5 Å². The lowest BCUT2D eigenvalue weighted by molar-refractivity contribution is -0.0498. The maximum Gasteiger partial charge on any atom is 0.387 e. The molecule has 0 fully saturated rings. The van der Waals surface area contributed by atoms with Crippen molar-refractivity contribution >= 4 is 11.6 Å². The molecule has 174 valence electrons. The standard InChI is InChI=1S/C17H20N4O2.C7H6F2O/c1-17(2,23)16-20-9-12(10-21-16)11-4-5-13-14(8-11)18-6-3-7-19-15(13)22;8-7(9)10-6-4-2-1-3-5-6/h4-5,8-10,18,23H,3,6-7H2,1-2H3,(H,19,22);1-5,7H. The first-order valence-corrected chi connectivity index (χ1v) is 10.5. The van der Waals surface area contributed by atoms with Gasteiger partial charge < -0.3 is 20.5 Å². The van der Waals surface area contributed by atoms with E-state index in [9.17, 15) is 18.7 Å². The van der Waals surface area contributed by atoms with Gasteiger partial charge in [0.25, 0.3) is 5.91 Å². The zero-order valence-electron chi connectivity index (χ0n) is 18.4. The molecule has 7 nitrogen and oxygen atoms in total. The summed E-state index contributed by atoms with van der Waals surface area (Å²) < 4.78 is 27.1. The molecule has 0 spiro atoms. The summed E-state index contributed by atoms with van der Waals surface area (Å²) in [5, 5.41) is 16.1. The quantitative estimate of drug-likeness (QED) is 0.545. The number of alkyl halides is 2. The first-order chi connectivity index (χ1) is 15.7. The SMILES string of the molecule is CC(C)(O)c1ncc(-c2ccc3c(c2)NCCCNC3=O)cn1.FC(F)Oc1ccccc1. The number of hydrogen-bond donors (Lipinski definition) is 3. The first-order valence-electron chi connectivity index (χ1n) is 10.5. The van der Waals surface area contributed by atoms with Crippen LogP contribution < -0.4 is 15.4 Å². The summed E-state index contributed by atoms with van der Waals surface area (Å²) in [6.45, 7) is 2.05. The van der Waals surface area contributed by atoms with E-state index in [2.05, 4.69) is 25.3 Å². The summed E-state index contributed by atoms with van der Waals surface area (Å²) in [6.07, 6.45) is 4.26. The molecule has 3 aromatic rings. The van der Waals surface area contributed by atoms with Crippen molar-refractivity contribution in [3.63, 3.8) is 0 Å². The minimum Gasteiger partial charge on any atom is -0.435 e. The number of carbonyl (C=O) groups is 1. The van der Waals surface area contributed by atoms with Crippen LogP contribution in [0, 0.1) is 0 Å². The van der Waals surface area contributed by atoms with Gasteiger partial charge in [-0.2, -0.15) is 8.78 Å². The second kappa shape index (κ2) is 10.8. The average molecular weight is 456 g/mol. The molecule has 0 radical (unpaired) electrons. The van der Waals surface area contributed by atoms with Crippen LogP contribution in [-0.4, -0.2) is 40.7 Å². The number of anilines is 1. The van der Waals surface area contributed by atoms with E-state index in [-0.39, 0.29) is 11.7 Å². The number of carbonyl (C=O) groups excluding carboxylic acids is 1. The van der Waals surface area contributed by atoms with Crippen LogP contribution in [0.2, 0.25) is 0 Å². The smallest absolute Gasteiger partial charge is 0.387 e. The molecule has 0 unspecified atom stereocenters. The number of para-hydroxylation sites is 1. The Kier molecular flexibility index (Phi) is 7.89. The van der Waals surface area contributed by atoms with Crippen LogP contribution in [0.4, 0.5) is 14.5 Å². The minimum absolute atomic E-state index is 0.0626. The molecular formula is C24H26F2N4O3. The third-order valence-electron chi connectivity index (χ3n) is 4.72. The number of hydrogen-bond acceptors (Lipinski definition) is 6. The lowest BCUT2D eigenvalue weighted by Gasteiger charge is -2.18. The zero-order chi connectivity index (χ0) is 23.8. The van der Waals surface area contributed by atoms with Crippen molar-refractivity contribution in [1.82, 2.24) is 15.3 Å². The maximum absolute atomic E-state index is 12.1. The van der Waals surface area contributed by atoms with Crippen molar-refractivity contribution in [2.75, 3.05) is 18.4 Å². The predicted molar refractivity (Wildman–Crippen MR) is 121 cm³/mol. The Hall–Kier alpha value is -3.59. The fourth-order valence-electron chi connectivity index (χ4n) is 3.07. The van der Waals surface area contributed by atoms with Gasteiger partial charge in [0.2, 0.25) is 0 Å². The number of aliphatic hydroxyl groups is 1.